The highest BCUT2D eigenvalue weighted by molar-refractivity contribution is 6.27. The van der Waals surface area contributed by atoms with Gasteiger partial charge in [0.25, 0.3) is 5.56 Å². The number of hydrogen-bond donors (Lipinski definition) is 3. The SMILES string of the molecule is Cn1c(N2CCN(CCc3ccccc3N)CC2)cc(=O)n(C)c1=O.O=C(O)C(=O)O. The quantitative estimate of drug-likeness (QED) is 0.415. The van der Waals surface area contributed by atoms with E-state index in [-0.39, 0.29) is 11.2 Å². The normalized spacial score (nSPS) is 13.9. The van der Waals surface area contributed by atoms with Crippen molar-refractivity contribution in [2.24, 2.45) is 14.1 Å². The van der Waals surface area contributed by atoms with Crippen molar-refractivity contribution < 1.29 is 19.8 Å². The topological polar surface area (TPSA) is 151 Å². The molecule has 0 atom stereocenters. The molecule has 1 saturated heterocycles. The molecule has 1 aromatic carbocycles. The molecule has 3 rings (SSSR count). The van der Waals surface area contributed by atoms with Crippen molar-refractivity contribution in [1.82, 2.24) is 14.0 Å². The van der Waals surface area contributed by atoms with Gasteiger partial charge in [-0.25, -0.2) is 14.4 Å². The summed E-state index contributed by atoms with van der Waals surface area (Å²) in [4.78, 5) is 46.7. The summed E-state index contributed by atoms with van der Waals surface area (Å²) in [6.07, 6.45) is 0.928. The first kappa shape index (κ1) is 23.7. The lowest BCUT2D eigenvalue weighted by molar-refractivity contribution is -0.159. The second kappa shape index (κ2) is 10.4. The number of piperazine rings is 1. The minimum atomic E-state index is -1.82. The van der Waals surface area contributed by atoms with E-state index in [1.165, 1.54) is 12.6 Å². The third kappa shape index (κ3) is 6.19. The second-order valence-electron chi connectivity index (χ2n) is 7.13. The molecule has 0 radical (unpaired) electrons. The molecule has 0 bridgehead atoms. The molecule has 11 nitrogen and oxygen atoms in total. The van der Waals surface area contributed by atoms with Crippen LogP contribution in [0.3, 0.4) is 0 Å². The average molecular weight is 433 g/mol. The zero-order valence-corrected chi connectivity index (χ0v) is 17.5. The zero-order chi connectivity index (χ0) is 23.1. The fourth-order valence-corrected chi connectivity index (χ4v) is 3.27. The Kier molecular flexibility index (Phi) is 7.97. The van der Waals surface area contributed by atoms with Crippen LogP contribution in [0.5, 0.6) is 0 Å². The van der Waals surface area contributed by atoms with E-state index in [1.807, 2.05) is 18.2 Å². The molecule has 168 valence electrons. The monoisotopic (exact) mass is 433 g/mol. The van der Waals surface area contributed by atoms with Gasteiger partial charge in [-0.1, -0.05) is 18.2 Å². The Morgan fingerprint density at radius 3 is 2.10 bits per heavy atom. The lowest BCUT2D eigenvalue weighted by atomic mass is 10.1. The standard InChI is InChI=1S/C18H25N5O2.C2H2O4/c1-20-16(13-17(24)21(2)18(20)25)23-11-9-22(10-12-23)8-7-14-5-3-4-6-15(14)19;3-1(4)2(5)6/h3-6,13H,7-12,19H2,1-2H3;(H,3,4)(H,5,6). The number of nitrogens with zero attached hydrogens (tertiary/aromatic N) is 4. The molecule has 0 aliphatic carbocycles. The van der Waals surface area contributed by atoms with E-state index in [4.69, 9.17) is 25.5 Å². The van der Waals surface area contributed by atoms with Crippen LogP contribution in [0.4, 0.5) is 11.5 Å². The minimum Gasteiger partial charge on any atom is -0.473 e. The van der Waals surface area contributed by atoms with Crippen LogP contribution >= 0.6 is 0 Å². The van der Waals surface area contributed by atoms with E-state index in [2.05, 4.69) is 15.9 Å². The molecule has 1 aliphatic rings. The molecule has 0 saturated carbocycles. The van der Waals surface area contributed by atoms with Crippen LogP contribution in [0.1, 0.15) is 5.56 Å². The number of anilines is 2. The van der Waals surface area contributed by atoms with Gasteiger partial charge in [-0.3, -0.25) is 18.8 Å². The van der Waals surface area contributed by atoms with Gasteiger partial charge in [-0.15, -0.1) is 0 Å². The van der Waals surface area contributed by atoms with Crippen molar-refractivity contribution in [3.63, 3.8) is 0 Å². The summed E-state index contributed by atoms with van der Waals surface area (Å²) >= 11 is 0. The Labute approximate surface area is 178 Å². The summed E-state index contributed by atoms with van der Waals surface area (Å²) < 4.78 is 2.67. The van der Waals surface area contributed by atoms with Gasteiger partial charge in [-0.05, 0) is 18.1 Å². The maximum absolute atomic E-state index is 12.1. The van der Waals surface area contributed by atoms with E-state index < -0.39 is 11.9 Å². The predicted molar refractivity (Wildman–Crippen MR) is 115 cm³/mol. The van der Waals surface area contributed by atoms with Crippen molar-refractivity contribution in [1.29, 1.82) is 0 Å². The van der Waals surface area contributed by atoms with Crippen LogP contribution in [-0.4, -0.2) is 68.9 Å². The van der Waals surface area contributed by atoms with Crippen LogP contribution < -0.4 is 21.9 Å². The summed E-state index contributed by atoms with van der Waals surface area (Å²) in [5, 5.41) is 14.8. The van der Waals surface area contributed by atoms with Crippen LogP contribution in [-0.2, 0) is 30.1 Å². The van der Waals surface area contributed by atoms with E-state index >= 15 is 0 Å². The summed E-state index contributed by atoms with van der Waals surface area (Å²) in [6.45, 7) is 4.35. The number of benzene rings is 1. The first-order valence-electron chi connectivity index (χ1n) is 9.65. The molecule has 31 heavy (non-hydrogen) atoms. The Morgan fingerprint density at radius 2 is 1.55 bits per heavy atom. The Hall–Kier alpha value is -3.60. The lowest BCUT2D eigenvalue weighted by Gasteiger charge is -2.36. The highest BCUT2D eigenvalue weighted by Crippen LogP contribution is 2.15. The van der Waals surface area contributed by atoms with Crippen LogP contribution in [0.15, 0.2) is 39.9 Å². The molecule has 1 aliphatic heterocycles. The smallest absolute Gasteiger partial charge is 0.414 e. The van der Waals surface area contributed by atoms with Gasteiger partial charge in [0.05, 0.1) is 0 Å². The Morgan fingerprint density at radius 1 is 0.968 bits per heavy atom. The third-order valence-electron chi connectivity index (χ3n) is 5.13. The van der Waals surface area contributed by atoms with Crippen molar-refractivity contribution in [2.45, 2.75) is 6.42 Å². The number of carboxylic acid groups (broad SMARTS) is 2. The molecule has 11 heteroatoms. The second-order valence-corrected chi connectivity index (χ2v) is 7.13. The van der Waals surface area contributed by atoms with Gasteiger partial charge < -0.3 is 20.8 Å². The van der Waals surface area contributed by atoms with Gasteiger partial charge in [0, 0.05) is 58.6 Å². The Bertz CT molecular complexity index is 1040. The molecule has 2 aromatic rings. The number of nitrogens with two attached hydrogens (primary N) is 1. The maximum Gasteiger partial charge on any atom is 0.414 e. The number of rotatable bonds is 4. The van der Waals surface area contributed by atoms with Crippen molar-refractivity contribution in [2.75, 3.05) is 43.4 Å². The number of carboxylic acids is 2. The van der Waals surface area contributed by atoms with Gasteiger partial charge in [0.2, 0.25) is 0 Å². The molecule has 1 aromatic heterocycles. The van der Waals surface area contributed by atoms with E-state index in [1.54, 1.807) is 17.7 Å². The molecule has 0 spiro atoms. The zero-order valence-electron chi connectivity index (χ0n) is 17.5. The highest BCUT2D eigenvalue weighted by Gasteiger charge is 2.20. The summed E-state index contributed by atoms with van der Waals surface area (Å²) in [5.74, 6) is -2.95. The summed E-state index contributed by atoms with van der Waals surface area (Å²) in [6, 6.07) is 9.51. The van der Waals surface area contributed by atoms with Crippen LogP contribution in [0.2, 0.25) is 0 Å². The summed E-state index contributed by atoms with van der Waals surface area (Å²) in [5.41, 5.74) is 7.47. The van der Waals surface area contributed by atoms with Crippen molar-refractivity contribution in [3.05, 3.63) is 56.7 Å². The first-order chi connectivity index (χ1) is 14.6. The van der Waals surface area contributed by atoms with E-state index in [0.717, 1.165) is 49.4 Å². The fourth-order valence-electron chi connectivity index (χ4n) is 3.27. The highest BCUT2D eigenvalue weighted by atomic mass is 16.4. The van der Waals surface area contributed by atoms with Gasteiger partial charge >= 0.3 is 17.6 Å². The molecule has 2 heterocycles. The van der Waals surface area contributed by atoms with Gasteiger partial charge in [-0.2, -0.15) is 0 Å². The van der Waals surface area contributed by atoms with Crippen molar-refractivity contribution in [3.8, 4) is 0 Å². The number of hydrogen-bond acceptors (Lipinski definition) is 7. The van der Waals surface area contributed by atoms with Gasteiger partial charge in [0.1, 0.15) is 5.82 Å². The van der Waals surface area contributed by atoms with E-state index in [0.29, 0.717) is 5.82 Å². The lowest BCUT2D eigenvalue weighted by Crippen LogP contribution is -2.49. The number of nitrogen functional groups attached to an aromatic ring is 1. The molecule has 0 amide bonds. The van der Waals surface area contributed by atoms with Gasteiger partial charge in [0.15, 0.2) is 0 Å². The number of aliphatic carboxylic acids is 2. The van der Waals surface area contributed by atoms with E-state index in [9.17, 15) is 9.59 Å². The minimum absolute atomic E-state index is 0.264. The van der Waals surface area contributed by atoms with Crippen LogP contribution in [0, 0.1) is 0 Å². The van der Waals surface area contributed by atoms with Crippen molar-refractivity contribution >= 4 is 23.4 Å². The fraction of sp³-hybridized carbons (Fsp3) is 0.400. The number of carbonyl (C=O) groups is 2. The average Bonchev–Trinajstić information content (AvgIpc) is 2.75. The predicted octanol–water partition coefficient (Wildman–Crippen LogP) is -0.813. The molecule has 1 fully saturated rings. The largest absolute Gasteiger partial charge is 0.473 e. The maximum atomic E-state index is 12.1. The summed E-state index contributed by atoms with van der Waals surface area (Å²) in [7, 11) is 3.21. The molecular formula is C20H27N5O6. The van der Waals surface area contributed by atoms with Crippen LogP contribution in [0.25, 0.3) is 0 Å². The molecule has 4 N–H and O–H groups in total. The first-order valence-corrected chi connectivity index (χ1v) is 9.65. The Balaban J connectivity index is 0.000000501. The number of para-hydroxylation sites is 1. The third-order valence-corrected chi connectivity index (χ3v) is 5.13. The number of aromatic nitrogens is 2. The molecule has 0 unspecified atom stereocenters. The molecular weight excluding hydrogens is 406 g/mol.